The molecule has 1 aromatic heterocycles. The van der Waals surface area contributed by atoms with Gasteiger partial charge >= 0.3 is 0 Å². The van der Waals surface area contributed by atoms with Crippen molar-refractivity contribution in [2.75, 3.05) is 6.54 Å². The van der Waals surface area contributed by atoms with Crippen molar-refractivity contribution in [2.45, 2.75) is 32.7 Å². The van der Waals surface area contributed by atoms with E-state index in [9.17, 15) is 4.39 Å². The first-order valence-corrected chi connectivity index (χ1v) is 7.97. The summed E-state index contributed by atoms with van der Waals surface area (Å²) < 4.78 is 16.2. The third kappa shape index (κ3) is 4.38. The normalized spacial score (nSPS) is 12.6. The molecule has 3 nitrogen and oxygen atoms in total. The summed E-state index contributed by atoms with van der Waals surface area (Å²) >= 11 is 3.35. The predicted octanol–water partition coefficient (Wildman–Crippen LogP) is 3.91. The van der Waals surface area contributed by atoms with Gasteiger partial charge in [-0.05, 0) is 56.1 Å². The van der Waals surface area contributed by atoms with Gasteiger partial charge in [-0.25, -0.2) is 4.39 Å². The predicted molar refractivity (Wildman–Crippen MR) is 86.8 cm³/mol. The number of hydrogen-bond donors (Lipinski definition) is 1. The molecule has 21 heavy (non-hydrogen) atoms. The van der Waals surface area contributed by atoms with Gasteiger partial charge in [0, 0.05) is 11.5 Å². The van der Waals surface area contributed by atoms with Crippen LogP contribution in [0.1, 0.15) is 36.3 Å². The van der Waals surface area contributed by atoms with Crippen LogP contribution < -0.4 is 5.32 Å². The van der Waals surface area contributed by atoms with Crippen LogP contribution in [0.3, 0.4) is 0 Å². The highest BCUT2D eigenvalue weighted by atomic mass is 79.9. The van der Waals surface area contributed by atoms with Crippen molar-refractivity contribution in [1.82, 2.24) is 15.1 Å². The van der Waals surface area contributed by atoms with E-state index in [2.05, 4.69) is 39.3 Å². The minimum atomic E-state index is -0.213. The molecule has 0 amide bonds. The molecule has 1 atom stereocenters. The topological polar surface area (TPSA) is 29.9 Å². The van der Waals surface area contributed by atoms with E-state index in [0.717, 1.165) is 40.8 Å². The lowest BCUT2D eigenvalue weighted by Gasteiger charge is -2.19. The van der Waals surface area contributed by atoms with Gasteiger partial charge in [-0.3, -0.25) is 4.68 Å². The highest BCUT2D eigenvalue weighted by Crippen LogP contribution is 2.22. The second-order valence-corrected chi connectivity index (χ2v) is 6.24. The van der Waals surface area contributed by atoms with Gasteiger partial charge in [0.1, 0.15) is 5.82 Å². The maximum atomic E-state index is 13.5. The summed E-state index contributed by atoms with van der Waals surface area (Å²) in [5.74, 6) is -0.213. The zero-order valence-electron chi connectivity index (χ0n) is 12.7. The maximum absolute atomic E-state index is 13.5. The zero-order valence-corrected chi connectivity index (χ0v) is 14.2. The molecule has 0 aliphatic rings. The van der Waals surface area contributed by atoms with E-state index < -0.39 is 0 Å². The van der Waals surface area contributed by atoms with Gasteiger partial charge in [-0.15, -0.1) is 0 Å². The van der Waals surface area contributed by atoms with Crippen LogP contribution in [0.15, 0.2) is 28.7 Å². The highest BCUT2D eigenvalue weighted by Gasteiger charge is 2.16. The zero-order chi connectivity index (χ0) is 15.4. The third-order valence-corrected chi connectivity index (χ3v) is 3.86. The van der Waals surface area contributed by atoms with Crippen LogP contribution in [-0.2, 0) is 13.5 Å². The molecule has 0 spiro atoms. The Bertz CT molecular complexity index is 589. The van der Waals surface area contributed by atoms with Crippen molar-refractivity contribution >= 4 is 15.9 Å². The average Bonchev–Trinajstić information content (AvgIpc) is 2.72. The first-order valence-electron chi connectivity index (χ1n) is 7.18. The Kier molecular flexibility index (Phi) is 5.53. The second-order valence-electron chi connectivity index (χ2n) is 5.32. The molecule has 0 saturated heterocycles. The molecule has 2 rings (SSSR count). The van der Waals surface area contributed by atoms with Crippen molar-refractivity contribution < 1.29 is 4.39 Å². The largest absolute Gasteiger partial charge is 0.308 e. The standard InChI is InChI=1S/C16H21BrFN3/c1-4-5-19-15(16-6-11(2)20-21(16)3)9-12-7-13(17)10-14(18)8-12/h6-8,10,15,19H,4-5,9H2,1-3H3. The Morgan fingerprint density at radius 2 is 2.10 bits per heavy atom. The number of rotatable bonds is 6. The Hall–Kier alpha value is -1.20. The molecule has 0 saturated carbocycles. The maximum Gasteiger partial charge on any atom is 0.124 e. The van der Waals surface area contributed by atoms with Crippen LogP contribution in [0.2, 0.25) is 0 Å². The fourth-order valence-corrected chi connectivity index (χ4v) is 3.03. The highest BCUT2D eigenvalue weighted by molar-refractivity contribution is 9.10. The van der Waals surface area contributed by atoms with E-state index in [4.69, 9.17) is 0 Å². The molecule has 2 aromatic rings. The van der Waals surface area contributed by atoms with Crippen LogP contribution in [-0.4, -0.2) is 16.3 Å². The molecule has 0 aliphatic carbocycles. The van der Waals surface area contributed by atoms with Crippen molar-refractivity contribution in [1.29, 1.82) is 0 Å². The summed E-state index contributed by atoms with van der Waals surface area (Å²) in [5.41, 5.74) is 3.09. The summed E-state index contributed by atoms with van der Waals surface area (Å²) in [6, 6.07) is 7.25. The molecular weight excluding hydrogens is 333 g/mol. The lowest BCUT2D eigenvalue weighted by molar-refractivity contribution is 0.492. The molecule has 1 N–H and O–H groups in total. The number of hydrogen-bond acceptors (Lipinski definition) is 2. The van der Waals surface area contributed by atoms with Crippen LogP contribution in [0, 0.1) is 12.7 Å². The number of halogens is 2. The summed E-state index contributed by atoms with van der Waals surface area (Å²) in [6.07, 6.45) is 1.79. The van der Waals surface area contributed by atoms with Crippen molar-refractivity contribution in [3.05, 3.63) is 51.5 Å². The molecule has 0 bridgehead atoms. The molecule has 114 valence electrons. The summed E-state index contributed by atoms with van der Waals surface area (Å²) in [7, 11) is 1.95. The van der Waals surface area contributed by atoms with Gasteiger partial charge in [0.15, 0.2) is 0 Å². The van der Waals surface area contributed by atoms with E-state index >= 15 is 0 Å². The van der Waals surface area contributed by atoms with Crippen LogP contribution in [0.5, 0.6) is 0 Å². The van der Waals surface area contributed by atoms with Crippen LogP contribution >= 0.6 is 15.9 Å². The lowest BCUT2D eigenvalue weighted by Crippen LogP contribution is -2.26. The molecule has 0 aliphatic heterocycles. The van der Waals surface area contributed by atoms with Gasteiger partial charge in [-0.1, -0.05) is 22.9 Å². The minimum Gasteiger partial charge on any atom is -0.308 e. The Balaban J connectivity index is 2.25. The molecule has 5 heteroatoms. The smallest absolute Gasteiger partial charge is 0.124 e. The monoisotopic (exact) mass is 353 g/mol. The van der Waals surface area contributed by atoms with E-state index in [0.29, 0.717) is 0 Å². The Morgan fingerprint density at radius 1 is 1.33 bits per heavy atom. The average molecular weight is 354 g/mol. The van der Waals surface area contributed by atoms with Gasteiger partial charge in [0.25, 0.3) is 0 Å². The molecule has 0 fully saturated rings. The van der Waals surface area contributed by atoms with Gasteiger partial charge in [0.05, 0.1) is 17.4 Å². The molecule has 1 aromatic carbocycles. The number of nitrogens with zero attached hydrogens (tertiary/aromatic N) is 2. The molecule has 1 unspecified atom stereocenters. The Labute approximate surface area is 133 Å². The van der Waals surface area contributed by atoms with E-state index in [-0.39, 0.29) is 11.9 Å². The van der Waals surface area contributed by atoms with Gasteiger partial charge < -0.3 is 5.32 Å². The summed E-state index contributed by atoms with van der Waals surface area (Å²) in [5, 5.41) is 7.94. The van der Waals surface area contributed by atoms with E-state index in [1.54, 1.807) is 6.07 Å². The molecular formula is C16H21BrFN3. The third-order valence-electron chi connectivity index (χ3n) is 3.40. The molecule has 0 radical (unpaired) electrons. The quantitative estimate of drug-likeness (QED) is 0.852. The van der Waals surface area contributed by atoms with Crippen LogP contribution in [0.4, 0.5) is 4.39 Å². The number of benzene rings is 1. The number of nitrogens with one attached hydrogen (secondary N) is 1. The first kappa shape index (κ1) is 16.2. The van der Waals surface area contributed by atoms with Gasteiger partial charge in [-0.2, -0.15) is 5.10 Å². The summed E-state index contributed by atoms with van der Waals surface area (Å²) in [6.45, 7) is 5.04. The Morgan fingerprint density at radius 3 is 2.67 bits per heavy atom. The summed E-state index contributed by atoms with van der Waals surface area (Å²) in [4.78, 5) is 0. The fraction of sp³-hybridized carbons (Fsp3) is 0.438. The van der Waals surface area contributed by atoms with Crippen molar-refractivity contribution in [3.63, 3.8) is 0 Å². The van der Waals surface area contributed by atoms with Crippen molar-refractivity contribution in [3.8, 4) is 0 Å². The second kappa shape index (κ2) is 7.18. The van der Waals surface area contributed by atoms with Gasteiger partial charge in [0.2, 0.25) is 0 Å². The van der Waals surface area contributed by atoms with E-state index in [1.807, 2.05) is 24.7 Å². The SMILES string of the molecule is CCCNC(Cc1cc(F)cc(Br)c1)c1cc(C)nn1C. The van der Waals surface area contributed by atoms with Crippen molar-refractivity contribution in [2.24, 2.45) is 7.05 Å². The number of aromatic nitrogens is 2. The number of aryl methyl sites for hydroxylation is 2. The molecule has 1 heterocycles. The fourth-order valence-electron chi connectivity index (χ4n) is 2.52. The minimum absolute atomic E-state index is 0.129. The van der Waals surface area contributed by atoms with Crippen LogP contribution in [0.25, 0.3) is 0 Å². The lowest BCUT2D eigenvalue weighted by atomic mass is 10.0. The van der Waals surface area contributed by atoms with E-state index in [1.165, 1.54) is 6.07 Å². The first-order chi connectivity index (χ1) is 9.99.